The van der Waals surface area contributed by atoms with Gasteiger partial charge in [0.05, 0.1) is 22.3 Å². The predicted molar refractivity (Wildman–Crippen MR) is 190 cm³/mol. The van der Waals surface area contributed by atoms with Crippen LogP contribution in [0.3, 0.4) is 0 Å². The van der Waals surface area contributed by atoms with Crippen LogP contribution in [0.4, 0.5) is 140 Å². The zero-order valence-corrected chi connectivity index (χ0v) is 36.8. The van der Waals surface area contributed by atoms with Crippen LogP contribution in [-0.2, 0) is 18.9 Å². The molecule has 0 atom stereocenters. The van der Waals surface area contributed by atoms with Gasteiger partial charge >= 0.3 is 48.9 Å². The van der Waals surface area contributed by atoms with Gasteiger partial charge in [-0.1, -0.05) is 25.3 Å². The van der Waals surface area contributed by atoms with Crippen molar-refractivity contribution >= 4 is 12.2 Å². The van der Waals surface area contributed by atoms with Gasteiger partial charge in [0.25, 0.3) is 0 Å². The lowest BCUT2D eigenvalue weighted by atomic mass is 10.0. The van der Waals surface area contributed by atoms with Crippen LogP contribution < -0.4 is 18.9 Å². The molecular formula is C40H14F32O8. The summed E-state index contributed by atoms with van der Waals surface area (Å²) in [5, 5.41) is 0. The summed E-state index contributed by atoms with van der Waals surface area (Å²) in [5.74, 6) is -59.1. The second-order valence-corrected chi connectivity index (χ2v) is 14.5. The Bertz CT molecular complexity index is 2740. The van der Waals surface area contributed by atoms with Crippen molar-refractivity contribution in [2.24, 2.45) is 0 Å². The van der Waals surface area contributed by atoms with E-state index in [1.807, 2.05) is 0 Å². The largest absolute Gasteiger partial charge is 0.478 e. The van der Waals surface area contributed by atoms with Crippen LogP contribution in [0.1, 0.15) is 11.1 Å². The number of ether oxygens (including phenoxy) is 8. The van der Waals surface area contributed by atoms with Gasteiger partial charge in [-0.3, -0.25) is 0 Å². The molecular weight excluding hydrogens is 1220 g/mol. The standard InChI is InChI=1S/C40H14F32O8/c1-3-9-13(41)21(49)29(22(50)14(9)42)73-5-33(57,58)77-37(65,66)39(69,70)79-35(61,62)7-75-31-25(53)17(45)11(18(46)26(31)54)12-19(47)27(55)32(28(56)20(12)48)76-8-36(63,64)80-40(71,72)38(67,68)78-34(59,60)6-74-30-23(51)15(43)10(4-2)16(44)24(30)52/h3-4H,1-2,5-8H2. The number of rotatable bonds is 25. The first kappa shape index (κ1) is 65.7. The summed E-state index contributed by atoms with van der Waals surface area (Å²) >= 11 is 0. The van der Waals surface area contributed by atoms with Gasteiger partial charge in [-0.2, -0.15) is 105 Å². The molecule has 0 fully saturated rings. The Hall–Kier alpha value is -6.84. The van der Waals surface area contributed by atoms with Gasteiger partial charge in [0.15, 0.2) is 96.0 Å². The first-order valence-corrected chi connectivity index (χ1v) is 19.2. The topological polar surface area (TPSA) is 73.8 Å². The van der Waals surface area contributed by atoms with E-state index < -0.39 is 214 Å². The van der Waals surface area contributed by atoms with E-state index >= 15 is 17.6 Å². The molecule has 4 aromatic rings. The van der Waals surface area contributed by atoms with Gasteiger partial charge in [-0.25, -0.2) is 54.1 Å². The molecule has 40 heteroatoms. The Kier molecular flexibility index (Phi) is 18.6. The zero-order chi connectivity index (χ0) is 61.8. The number of hydrogen-bond acceptors (Lipinski definition) is 8. The van der Waals surface area contributed by atoms with E-state index in [0.29, 0.717) is 0 Å². The molecule has 0 spiro atoms. The summed E-state index contributed by atoms with van der Waals surface area (Å²) in [6.45, 7) is -7.69. The molecule has 0 aliphatic carbocycles. The average molecular weight is 1230 g/mol. The molecule has 8 nitrogen and oxygen atoms in total. The Balaban J connectivity index is 1.50. The molecule has 0 N–H and O–H groups in total. The van der Waals surface area contributed by atoms with Crippen molar-refractivity contribution in [2.45, 2.75) is 48.9 Å². The van der Waals surface area contributed by atoms with E-state index in [-0.39, 0.29) is 12.2 Å². The average Bonchev–Trinajstić information content (AvgIpc) is 3.31. The van der Waals surface area contributed by atoms with Crippen LogP contribution in [0.5, 0.6) is 23.0 Å². The monoisotopic (exact) mass is 1230 g/mol. The molecule has 4 rings (SSSR count). The molecule has 4 aromatic carbocycles. The van der Waals surface area contributed by atoms with Crippen molar-refractivity contribution in [1.82, 2.24) is 0 Å². The molecule has 0 heterocycles. The molecule has 0 aliphatic rings. The van der Waals surface area contributed by atoms with Gasteiger partial charge < -0.3 is 18.9 Å². The van der Waals surface area contributed by atoms with Gasteiger partial charge in [0, 0.05) is 0 Å². The minimum absolute atomic E-state index is 0.124. The molecule has 0 saturated carbocycles. The maximum absolute atomic E-state index is 15.0. The number of hydrogen-bond donors (Lipinski definition) is 0. The van der Waals surface area contributed by atoms with E-state index in [4.69, 9.17) is 0 Å². The molecule has 0 aliphatic heterocycles. The van der Waals surface area contributed by atoms with Crippen LogP contribution in [0, 0.1) is 93.1 Å². The third-order valence-corrected chi connectivity index (χ3v) is 8.94. The second kappa shape index (κ2) is 22.6. The van der Waals surface area contributed by atoms with E-state index in [1.54, 1.807) is 0 Å². The van der Waals surface area contributed by atoms with Crippen molar-refractivity contribution in [3.63, 3.8) is 0 Å². The van der Waals surface area contributed by atoms with Gasteiger partial charge in [-0.05, 0) is 0 Å². The Morgan fingerprint density at radius 2 is 0.400 bits per heavy atom. The quantitative estimate of drug-likeness (QED) is 0.0480. The van der Waals surface area contributed by atoms with E-state index in [0.717, 1.165) is 0 Å². The number of benzene rings is 4. The fourth-order valence-corrected chi connectivity index (χ4v) is 5.51. The summed E-state index contributed by atoms with van der Waals surface area (Å²) in [6, 6.07) is 0. The highest BCUT2D eigenvalue weighted by Crippen LogP contribution is 2.48. The Morgan fingerprint density at radius 3 is 0.550 bits per heavy atom. The highest BCUT2D eigenvalue weighted by molar-refractivity contribution is 5.69. The fraction of sp³-hybridized carbons (Fsp3) is 0.300. The second-order valence-electron chi connectivity index (χ2n) is 14.5. The van der Waals surface area contributed by atoms with Crippen molar-refractivity contribution < 1.29 is 178 Å². The molecule has 0 aromatic heterocycles. The number of alkyl halides is 16. The van der Waals surface area contributed by atoms with Gasteiger partial charge in [-0.15, -0.1) is 0 Å². The molecule has 80 heavy (non-hydrogen) atoms. The minimum Gasteiger partial charge on any atom is -0.478 e. The third-order valence-electron chi connectivity index (χ3n) is 8.94. The first-order valence-electron chi connectivity index (χ1n) is 19.2. The highest BCUT2D eigenvalue weighted by atomic mass is 19.4. The maximum atomic E-state index is 15.0. The Labute approximate surface area is 417 Å². The SMILES string of the molecule is C=Cc1c(F)c(F)c(OCC(F)(F)OC(F)(F)C(F)(F)OC(F)(F)COc2c(F)c(F)c(-c3c(F)c(F)c(OCC(F)(F)OC(F)(F)C(F)(F)OC(F)(F)COc4c(F)c(F)c(C=C)c(F)c4F)c(F)c3F)c(F)c2F)c(F)c1F. The number of halogens is 32. The zero-order valence-electron chi connectivity index (χ0n) is 36.8. The van der Waals surface area contributed by atoms with Crippen molar-refractivity contribution in [3.8, 4) is 34.1 Å². The molecule has 446 valence electrons. The van der Waals surface area contributed by atoms with Crippen LogP contribution in [0.2, 0.25) is 0 Å². The van der Waals surface area contributed by atoms with Gasteiger partial charge in [0.1, 0.15) is 0 Å². The van der Waals surface area contributed by atoms with Gasteiger partial charge in [0.2, 0.25) is 46.5 Å². The molecule has 0 bridgehead atoms. The summed E-state index contributed by atoms with van der Waals surface area (Å²) in [7, 11) is 0. The molecule has 0 unspecified atom stereocenters. The normalized spacial score (nSPS) is 13.2. The van der Waals surface area contributed by atoms with Crippen molar-refractivity contribution in [1.29, 1.82) is 0 Å². The third kappa shape index (κ3) is 13.2. The summed E-state index contributed by atoms with van der Waals surface area (Å²) in [6.07, 6.45) is -53.3. The minimum atomic E-state index is -7.19. The molecule has 0 radical (unpaired) electrons. The molecule has 0 saturated heterocycles. The summed E-state index contributed by atoms with van der Waals surface area (Å²) in [4.78, 5) is 0. The first-order chi connectivity index (χ1) is 36.2. The van der Waals surface area contributed by atoms with Crippen molar-refractivity contribution in [3.05, 3.63) is 117 Å². The van der Waals surface area contributed by atoms with Crippen LogP contribution in [-0.4, -0.2) is 75.3 Å². The Morgan fingerprint density at radius 1 is 0.250 bits per heavy atom. The lowest BCUT2D eigenvalue weighted by molar-refractivity contribution is -0.514. The smallest absolute Gasteiger partial charge is 0.453 e. The lowest BCUT2D eigenvalue weighted by Gasteiger charge is -2.31. The van der Waals surface area contributed by atoms with Crippen LogP contribution >= 0.6 is 0 Å². The summed E-state index contributed by atoms with van der Waals surface area (Å²) < 4.78 is 479. The lowest BCUT2D eigenvalue weighted by Crippen LogP contribution is -2.53. The van der Waals surface area contributed by atoms with Crippen LogP contribution in [0.15, 0.2) is 13.2 Å². The molecule has 0 amide bonds. The van der Waals surface area contributed by atoms with E-state index in [9.17, 15) is 123 Å². The fourth-order valence-electron chi connectivity index (χ4n) is 5.51. The summed E-state index contributed by atoms with van der Waals surface area (Å²) in [5.41, 5.74) is -9.37. The van der Waals surface area contributed by atoms with E-state index in [1.165, 1.54) is 0 Å². The van der Waals surface area contributed by atoms with Crippen LogP contribution in [0.25, 0.3) is 23.3 Å². The maximum Gasteiger partial charge on any atom is 0.453 e. The highest BCUT2D eigenvalue weighted by Gasteiger charge is 2.69. The van der Waals surface area contributed by atoms with E-state index in [2.05, 4.69) is 51.1 Å². The van der Waals surface area contributed by atoms with Crippen molar-refractivity contribution in [2.75, 3.05) is 26.4 Å². The predicted octanol–water partition coefficient (Wildman–Crippen LogP) is 14.6.